The summed E-state index contributed by atoms with van der Waals surface area (Å²) < 4.78 is 11.4. The highest BCUT2D eigenvalue weighted by Gasteiger charge is 2.30. The number of methoxy groups -OCH3 is 1. The molecule has 0 saturated carbocycles. The van der Waals surface area contributed by atoms with Crippen LogP contribution < -0.4 is 9.47 Å². The van der Waals surface area contributed by atoms with Crippen molar-refractivity contribution in [3.63, 3.8) is 0 Å². The molecule has 0 N–H and O–H groups in total. The molecule has 1 fully saturated rings. The minimum absolute atomic E-state index is 0.518. The second-order valence-electron chi connectivity index (χ2n) is 7.56. The predicted molar refractivity (Wildman–Crippen MR) is 112 cm³/mol. The summed E-state index contributed by atoms with van der Waals surface area (Å²) in [6.45, 7) is 6.57. The van der Waals surface area contributed by atoms with Gasteiger partial charge in [-0.05, 0) is 61.7 Å². The summed E-state index contributed by atoms with van der Waals surface area (Å²) >= 11 is 0. The van der Waals surface area contributed by atoms with E-state index in [1.165, 1.54) is 44.3 Å². The molecule has 3 nitrogen and oxygen atoms in total. The number of piperidine rings is 1. The van der Waals surface area contributed by atoms with Gasteiger partial charge in [-0.25, -0.2) is 0 Å². The van der Waals surface area contributed by atoms with Crippen LogP contribution >= 0.6 is 0 Å². The van der Waals surface area contributed by atoms with Gasteiger partial charge in [-0.2, -0.15) is 0 Å². The first-order valence-corrected chi connectivity index (χ1v) is 10.3. The molecule has 0 aliphatic carbocycles. The minimum Gasteiger partial charge on any atom is -0.497 e. The van der Waals surface area contributed by atoms with Crippen molar-refractivity contribution in [3.05, 3.63) is 60.2 Å². The summed E-state index contributed by atoms with van der Waals surface area (Å²) in [7, 11) is 1.69. The normalized spacial score (nSPS) is 20.4. The van der Waals surface area contributed by atoms with E-state index in [1.807, 2.05) is 24.3 Å². The molecule has 1 aliphatic rings. The maximum atomic E-state index is 6.19. The number of rotatable bonds is 9. The maximum absolute atomic E-state index is 6.19. The van der Waals surface area contributed by atoms with E-state index >= 15 is 0 Å². The molecule has 0 unspecified atom stereocenters. The fourth-order valence-electron chi connectivity index (χ4n) is 4.08. The molecule has 2 aromatic carbocycles. The van der Waals surface area contributed by atoms with Crippen LogP contribution in [0.15, 0.2) is 54.6 Å². The van der Waals surface area contributed by atoms with E-state index in [-0.39, 0.29) is 0 Å². The molecule has 2 atom stereocenters. The first kappa shape index (κ1) is 19.8. The molecule has 1 heterocycles. The fraction of sp³-hybridized carbons (Fsp3) is 0.500. The number of hydrogen-bond donors (Lipinski definition) is 0. The van der Waals surface area contributed by atoms with Gasteiger partial charge in [-0.1, -0.05) is 50.1 Å². The monoisotopic (exact) mass is 367 g/mol. The summed E-state index contributed by atoms with van der Waals surface area (Å²) in [6, 6.07) is 18.9. The van der Waals surface area contributed by atoms with Crippen molar-refractivity contribution in [1.29, 1.82) is 0 Å². The average molecular weight is 368 g/mol. The van der Waals surface area contributed by atoms with Gasteiger partial charge in [-0.15, -0.1) is 0 Å². The van der Waals surface area contributed by atoms with Crippen LogP contribution in [0.3, 0.4) is 0 Å². The Kier molecular flexibility index (Phi) is 7.58. The molecule has 0 amide bonds. The van der Waals surface area contributed by atoms with Crippen LogP contribution in [0.2, 0.25) is 0 Å². The van der Waals surface area contributed by atoms with Crippen LogP contribution in [0.25, 0.3) is 0 Å². The van der Waals surface area contributed by atoms with E-state index in [2.05, 4.69) is 42.2 Å². The molecule has 0 spiro atoms. The second-order valence-corrected chi connectivity index (χ2v) is 7.56. The van der Waals surface area contributed by atoms with Gasteiger partial charge < -0.3 is 14.4 Å². The standard InChI is InChI=1S/C24H33NO2/c1-3-4-8-16-25-17-15-24(20-9-6-5-7-10-20)21(18-25)19-27-23-13-11-22(26-2)12-14-23/h5-7,9-14,21,24H,3-4,8,15-19H2,1-2H3/t21-,24-/m0/s1. The Morgan fingerprint density at radius 2 is 1.70 bits per heavy atom. The predicted octanol–water partition coefficient (Wildman–Crippen LogP) is 5.37. The van der Waals surface area contributed by atoms with Gasteiger partial charge in [0.1, 0.15) is 11.5 Å². The van der Waals surface area contributed by atoms with Gasteiger partial charge in [0.2, 0.25) is 0 Å². The summed E-state index contributed by atoms with van der Waals surface area (Å²) in [5, 5.41) is 0. The Labute approximate surface area is 164 Å². The number of ether oxygens (including phenoxy) is 2. The largest absolute Gasteiger partial charge is 0.497 e. The van der Waals surface area contributed by atoms with E-state index < -0.39 is 0 Å². The lowest BCUT2D eigenvalue weighted by Crippen LogP contribution is -2.42. The Balaban J connectivity index is 1.64. The lowest BCUT2D eigenvalue weighted by molar-refractivity contribution is 0.109. The summed E-state index contributed by atoms with van der Waals surface area (Å²) in [6.07, 6.45) is 5.13. The quantitative estimate of drug-likeness (QED) is 0.556. The lowest BCUT2D eigenvalue weighted by Gasteiger charge is -2.39. The molecule has 0 radical (unpaired) electrons. The van der Waals surface area contributed by atoms with E-state index in [0.717, 1.165) is 24.7 Å². The van der Waals surface area contributed by atoms with Gasteiger partial charge in [0.15, 0.2) is 0 Å². The van der Waals surface area contributed by atoms with Crippen LogP contribution in [0.1, 0.15) is 44.1 Å². The molecule has 2 aromatic rings. The Hall–Kier alpha value is -2.00. The van der Waals surface area contributed by atoms with Crippen LogP contribution in [0.4, 0.5) is 0 Å². The van der Waals surface area contributed by atoms with Crippen molar-refractivity contribution in [2.45, 2.75) is 38.5 Å². The van der Waals surface area contributed by atoms with Crippen molar-refractivity contribution in [2.24, 2.45) is 5.92 Å². The van der Waals surface area contributed by atoms with Gasteiger partial charge in [-0.3, -0.25) is 0 Å². The second kappa shape index (κ2) is 10.4. The molecule has 1 aliphatic heterocycles. The third-order valence-electron chi connectivity index (χ3n) is 5.65. The van der Waals surface area contributed by atoms with Crippen molar-refractivity contribution in [2.75, 3.05) is 33.4 Å². The molecule has 3 heteroatoms. The van der Waals surface area contributed by atoms with Crippen LogP contribution in [-0.2, 0) is 0 Å². The van der Waals surface area contributed by atoms with Crippen LogP contribution in [-0.4, -0.2) is 38.3 Å². The number of hydrogen-bond acceptors (Lipinski definition) is 3. The van der Waals surface area contributed by atoms with Gasteiger partial charge >= 0.3 is 0 Å². The molecule has 1 saturated heterocycles. The maximum Gasteiger partial charge on any atom is 0.119 e. The molecule has 27 heavy (non-hydrogen) atoms. The van der Waals surface area contributed by atoms with Crippen LogP contribution in [0.5, 0.6) is 11.5 Å². The van der Waals surface area contributed by atoms with Crippen molar-refractivity contribution < 1.29 is 9.47 Å². The lowest BCUT2D eigenvalue weighted by atomic mass is 9.81. The summed E-state index contributed by atoms with van der Waals surface area (Å²) in [5.74, 6) is 2.88. The number of benzene rings is 2. The van der Waals surface area contributed by atoms with Gasteiger partial charge in [0.25, 0.3) is 0 Å². The summed E-state index contributed by atoms with van der Waals surface area (Å²) in [4.78, 5) is 2.64. The zero-order chi connectivity index (χ0) is 18.9. The van der Waals surface area contributed by atoms with Crippen molar-refractivity contribution in [3.8, 4) is 11.5 Å². The first-order valence-electron chi connectivity index (χ1n) is 10.3. The highest BCUT2D eigenvalue weighted by molar-refractivity contribution is 5.31. The molecule has 0 aromatic heterocycles. The average Bonchev–Trinajstić information content (AvgIpc) is 2.73. The van der Waals surface area contributed by atoms with E-state index in [0.29, 0.717) is 11.8 Å². The molecular weight excluding hydrogens is 334 g/mol. The molecule has 146 valence electrons. The molecule has 3 rings (SSSR count). The number of unbranched alkanes of at least 4 members (excludes halogenated alkanes) is 2. The van der Waals surface area contributed by atoms with Crippen LogP contribution in [0, 0.1) is 5.92 Å². The highest BCUT2D eigenvalue weighted by atomic mass is 16.5. The molecular formula is C24H33NO2. The highest BCUT2D eigenvalue weighted by Crippen LogP contribution is 2.33. The summed E-state index contributed by atoms with van der Waals surface area (Å²) in [5.41, 5.74) is 1.45. The topological polar surface area (TPSA) is 21.7 Å². The van der Waals surface area contributed by atoms with Crippen molar-refractivity contribution in [1.82, 2.24) is 4.90 Å². The Morgan fingerprint density at radius 1 is 0.963 bits per heavy atom. The van der Waals surface area contributed by atoms with Gasteiger partial charge in [0.05, 0.1) is 13.7 Å². The van der Waals surface area contributed by atoms with E-state index in [9.17, 15) is 0 Å². The number of likely N-dealkylation sites (tertiary alicyclic amines) is 1. The SMILES string of the molecule is CCCCCN1CC[C@@H](c2ccccc2)[C@H](COc2ccc(OC)cc2)C1. The van der Waals surface area contributed by atoms with Gasteiger partial charge in [0, 0.05) is 12.5 Å². The number of nitrogens with zero attached hydrogens (tertiary/aromatic N) is 1. The Morgan fingerprint density at radius 3 is 2.41 bits per heavy atom. The van der Waals surface area contributed by atoms with E-state index in [4.69, 9.17) is 9.47 Å². The fourth-order valence-corrected chi connectivity index (χ4v) is 4.08. The Bertz CT molecular complexity index is 656. The zero-order valence-electron chi connectivity index (χ0n) is 16.8. The minimum atomic E-state index is 0.518. The zero-order valence-corrected chi connectivity index (χ0v) is 16.8. The third kappa shape index (κ3) is 5.74. The van der Waals surface area contributed by atoms with E-state index in [1.54, 1.807) is 7.11 Å². The smallest absolute Gasteiger partial charge is 0.119 e. The first-order chi connectivity index (χ1) is 13.3. The molecule has 0 bridgehead atoms. The third-order valence-corrected chi connectivity index (χ3v) is 5.65. The van der Waals surface area contributed by atoms with Crippen molar-refractivity contribution >= 4 is 0 Å².